The monoisotopic (exact) mass is 246 g/mol. The number of aromatic nitrogens is 2. The highest BCUT2D eigenvalue weighted by Crippen LogP contribution is 2.33. The van der Waals surface area contributed by atoms with Gasteiger partial charge < -0.3 is 4.42 Å². The van der Waals surface area contributed by atoms with Crippen LogP contribution in [0.1, 0.15) is 18.2 Å². The molecule has 0 bridgehead atoms. The van der Waals surface area contributed by atoms with E-state index in [2.05, 4.69) is 14.6 Å². The Balaban J connectivity index is 2.75. The first-order valence-corrected chi connectivity index (χ1v) is 4.56. The average molecular weight is 247 g/mol. The summed E-state index contributed by atoms with van der Waals surface area (Å²) in [7, 11) is 0. The zero-order chi connectivity index (χ0) is 11.5. The van der Waals surface area contributed by atoms with Crippen molar-refractivity contribution in [1.29, 1.82) is 0 Å². The van der Waals surface area contributed by atoms with Crippen molar-refractivity contribution in [1.82, 2.24) is 10.2 Å². The molecular weight excluding hydrogens is 240 g/mol. The fraction of sp³-hybridized carbons (Fsp3) is 0.714. The van der Waals surface area contributed by atoms with Gasteiger partial charge in [0.05, 0.1) is 0 Å². The molecule has 0 unspecified atom stereocenters. The van der Waals surface area contributed by atoms with Gasteiger partial charge in [0.1, 0.15) is 0 Å². The smallest absolute Gasteiger partial charge is 0.382 e. The van der Waals surface area contributed by atoms with Crippen LogP contribution in [0.4, 0.5) is 17.6 Å². The van der Waals surface area contributed by atoms with Gasteiger partial charge in [0.2, 0.25) is 5.89 Å². The van der Waals surface area contributed by atoms with Crippen molar-refractivity contribution in [2.75, 3.05) is 5.88 Å². The molecule has 0 aliphatic heterocycles. The standard InChI is InChI=1S/C7H7ClF4N2O/c8-3-1-2-4-13-14-6(15-4)7(11,12)5(9)10/h5H,1-3H2. The number of nitrogens with zero attached hydrogens (tertiary/aromatic N) is 2. The summed E-state index contributed by atoms with van der Waals surface area (Å²) in [5.74, 6) is -5.58. The van der Waals surface area contributed by atoms with Gasteiger partial charge in [-0.25, -0.2) is 8.78 Å². The zero-order valence-electron chi connectivity index (χ0n) is 7.39. The molecule has 0 atom stereocenters. The lowest BCUT2D eigenvalue weighted by atomic mass is 10.3. The molecule has 1 rings (SSSR count). The second-order valence-corrected chi connectivity index (χ2v) is 3.10. The normalized spacial score (nSPS) is 12.4. The van der Waals surface area contributed by atoms with Crippen molar-refractivity contribution >= 4 is 11.6 Å². The summed E-state index contributed by atoms with van der Waals surface area (Å²) in [6, 6.07) is 0. The average Bonchev–Trinajstić information content (AvgIpc) is 2.63. The highest BCUT2D eigenvalue weighted by atomic mass is 35.5. The Labute approximate surface area is 87.4 Å². The van der Waals surface area contributed by atoms with Gasteiger partial charge in [-0.1, -0.05) is 0 Å². The van der Waals surface area contributed by atoms with E-state index in [1.807, 2.05) is 0 Å². The fourth-order valence-electron chi connectivity index (χ4n) is 0.801. The lowest BCUT2D eigenvalue weighted by Crippen LogP contribution is -2.23. The molecule has 0 saturated carbocycles. The van der Waals surface area contributed by atoms with Gasteiger partial charge in [-0.2, -0.15) is 8.78 Å². The van der Waals surface area contributed by atoms with Crippen LogP contribution in [0, 0.1) is 0 Å². The van der Waals surface area contributed by atoms with Gasteiger partial charge >= 0.3 is 12.3 Å². The van der Waals surface area contributed by atoms with Gasteiger partial charge in [0, 0.05) is 12.3 Å². The third kappa shape index (κ3) is 2.80. The van der Waals surface area contributed by atoms with E-state index in [0.29, 0.717) is 12.3 Å². The molecule has 8 heteroatoms. The van der Waals surface area contributed by atoms with Gasteiger partial charge in [-0.15, -0.1) is 21.8 Å². The molecule has 0 aliphatic carbocycles. The summed E-state index contributed by atoms with van der Waals surface area (Å²) in [6.45, 7) is 0. The first kappa shape index (κ1) is 12.2. The van der Waals surface area contributed by atoms with Crippen molar-refractivity contribution in [2.45, 2.75) is 25.2 Å². The number of aryl methyl sites for hydroxylation is 1. The summed E-state index contributed by atoms with van der Waals surface area (Å²) in [5, 5.41) is 6.09. The number of halogens is 5. The van der Waals surface area contributed by atoms with Crippen molar-refractivity contribution in [3.8, 4) is 0 Å². The topological polar surface area (TPSA) is 38.9 Å². The molecule has 1 aromatic heterocycles. The highest BCUT2D eigenvalue weighted by molar-refractivity contribution is 6.17. The largest absolute Gasteiger partial charge is 0.419 e. The van der Waals surface area contributed by atoms with E-state index in [1.54, 1.807) is 0 Å². The minimum Gasteiger partial charge on any atom is -0.419 e. The Kier molecular flexibility index (Phi) is 3.90. The van der Waals surface area contributed by atoms with E-state index in [1.165, 1.54) is 0 Å². The summed E-state index contributed by atoms with van der Waals surface area (Å²) in [6.07, 6.45) is -3.22. The molecule has 0 aliphatic rings. The Morgan fingerprint density at radius 2 is 2.00 bits per heavy atom. The predicted molar refractivity (Wildman–Crippen MR) is 43.2 cm³/mol. The first-order chi connectivity index (χ1) is 6.98. The molecule has 0 aromatic carbocycles. The fourth-order valence-corrected chi connectivity index (χ4v) is 0.934. The zero-order valence-corrected chi connectivity index (χ0v) is 8.15. The Hall–Kier alpha value is -0.850. The number of alkyl halides is 5. The maximum Gasteiger partial charge on any atom is 0.382 e. The maximum absolute atomic E-state index is 12.6. The van der Waals surface area contributed by atoms with Gasteiger partial charge in [0.25, 0.3) is 5.89 Å². The van der Waals surface area contributed by atoms with Crippen molar-refractivity contribution in [2.24, 2.45) is 0 Å². The molecule has 86 valence electrons. The molecule has 3 nitrogen and oxygen atoms in total. The Bertz CT molecular complexity index is 318. The van der Waals surface area contributed by atoms with Crippen molar-refractivity contribution < 1.29 is 22.0 Å². The van der Waals surface area contributed by atoms with E-state index in [0.717, 1.165) is 0 Å². The molecule has 1 heterocycles. The Morgan fingerprint density at radius 3 is 2.53 bits per heavy atom. The van der Waals surface area contributed by atoms with Gasteiger partial charge in [-0.05, 0) is 6.42 Å². The molecule has 15 heavy (non-hydrogen) atoms. The second kappa shape index (κ2) is 4.78. The molecule has 0 fully saturated rings. The third-order valence-electron chi connectivity index (χ3n) is 1.55. The number of rotatable bonds is 5. The molecule has 1 aromatic rings. The molecule has 0 spiro atoms. The number of hydrogen-bond acceptors (Lipinski definition) is 3. The molecular formula is C7H7ClF4N2O. The van der Waals surface area contributed by atoms with Crippen LogP contribution in [0.5, 0.6) is 0 Å². The lowest BCUT2D eigenvalue weighted by molar-refractivity contribution is -0.151. The summed E-state index contributed by atoms with van der Waals surface area (Å²) in [4.78, 5) is 0. The minimum absolute atomic E-state index is 0.119. The van der Waals surface area contributed by atoms with E-state index in [-0.39, 0.29) is 12.3 Å². The third-order valence-corrected chi connectivity index (χ3v) is 1.82. The summed E-state index contributed by atoms with van der Waals surface area (Å²) in [5.41, 5.74) is 0. The Morgan fingerprint density at radius 1 is 1.33 bits per heavy atom. The summed E-state index contributed by atoms with van der Waals surface area (Å²) < 4.78 is 53.4. The molecule has 0 saturated heterocycles. The van der Waals surface area contributed by atoms with Crippen LogP contribution in [0.3, 0.4) is 0 Å². The number of hydrogen-bond donors (Lipinski definition) is 0. The van der Waals surface area contributed by atoms with Crippen LogP contribution in [0.2, 0.25) is 0 Å². The van der Waals surface area contributed by atoms with E-state index in [9.17, 15) is 17.6 Å². The summed E-state index contributed by atoms with van der Waals surface area (Å²) >= 11 is 5.34. The van der Waals surface area contributed by atoms with Gasteiger partial charge in [-0.3, -0.25) is 0 Å². The highest BCUT2D eigenvalue weighted by Gasteiger charge is 2.48. The van der Waals surface area contributed by atoms with Crippen LogP contribution in [-0.4, -0.2) is 22.5 Å². The van der Waals surface area contributed by atoms with Crippen LogP contribution >= 0.6 is 11.6 Å². The van der Waals surface area contributed by atoms with Crippen LogP contribution in [-0.2, 0) is 12.3 Å². The van der Waals surface area contributed by atoms with Crippen LogP contribution < -0.4 is 0 Å². The SMILES string of the molecule is FC(F)C(F)(F)c1nnc(CCCCl)o1. The quantitative estimate of drug-likeness (QED) is 0.592. The maximum atomic E-state index is 12.6. The predicted octanol–water partition coefficient (Wildman–Crippen LogP) is 2.60. The van der Waals surface area contributed by atoms with E-state index < -0.39 is 18.2 Å². The van der Waals surface area contributed by atoms with E-state index >= 15 is 0 Å². The lowest BCUT2D eigenvalue weighted by Gasteiger charge is -2.08. The molecule has 0 radical (unpaired) electrons. The van der Waals surface area contributed by atoms with E-state index in [4.69, 9.17) is 11.6 Å². The van der Waals surface area contributed by atoms with Crippen LogP contribution in [0.15, 0.2) is 4.42 Å². The molecule has 0 amide bonds. The van der Waals surface area contributed by atoms with Crippen molar-refractivity contribution in [3.05, 3.63) is 11.8 Å². The minimum atomic E-state index is -4.40. The van der Waals surface area contributed by atoms with Gasteiger partial charge in [0.15, 0.2) is 0 Å². The first-order valence-electron chi connectivity index (χ1n) is 4.03. The van der Waals surface area contributed by atoms with Crippen molar-refractivity contribution in [3.63, 3.8) is 0 Å². The van der Waals surface area contributed by atoms with Crippen LogP contribution in [0.25, 0.3) is 0 Å². The molecule has 0 N–H and O–H groups in total. The second-order valence-electron chi connectivity index (χ2n) is 2.72.